The molecule has 0 spiro atoms. The summed E-state index contributed by atoms with van der Waals surface area (Å²) >= 11 is 0. The Labute approximate surface area is 76.5 Å². The summed E-state index contributed by atoms with van der Waals surface area (Å²) < 4.78 is 0. The van der Waals surface area contributed by atoms with E-state index in [1.54, 1.807) is 0 Å². The smallest absolute Gasteiger partial charge is 0.0434 e. The Kier molecular flexibility index (Phi) is 8.57. The minimum atomic E-state index is 0.320. The van der Waals surface area contributed by atoms with Gasteiger partial charge in [0.05, 0.1) is 0 Å². The Morgan fingerprint density at radius 1 is 1.25 bits per heavy atom. The van der Waals surface area contributed by atoms with Crippen molar-refractivity contribution in [2.75, 3.05) is 6.61 Å². The molecule has 0 radical (unpaired) electrons. The standard InChI is InChI=1S/C11H22O/c1-3-4-5-6-8-11(2)9-7-10-12/h8,12H,3-7,9-10H2,1-2H3/b11-8+. The molecule has 0 aliphatic carbocycles. The second-order valence-electron chi connectivity index (χ2n) is 3.37. The fraction of sp³-hybridized carbons (Fsp3) is 0.818. The van der Waals surface area contributed by atoms with Gasteiger partial charge in [0.15, 0.2) is 0 Å². The number of aliphatic hydroxyl groups excluding tert-OH is 1. The highest BCUT2D eigenvalue weighted by atomic mass is 16.2. The monoisotopic (exact) mass is 170 g/mol. The molecular formula is C11H22O. The van der Waals surface area contributed by atoms with Crippen molar-refractivity contribution in [1.82, 2.24) is 0 Å². The minimum Gasteiger partial charge on any atom is -0.396 e. The van der Waals surface area contributed by atoms with E-state index in [0.717, 1.165) is 12.8 Å². The number of aliphatic hydroxyl groups is 1. The maximum Gasteiger partial charge on any atom is 0.0434 e. The molecule has 1 nitrogen and oxygen atoms in total. The van der Waals surface area contributed by atoms with Gasteiger partial charge in [-0.2, -0.15) is 0 Å². The number of unbranched alkanes of at least 4 members (excludes halogenated alkanes) is 3. The Hall–Kier alpha value is -0.300. The van der Waals surface area contributed by atoms with Crippen molar-refractivity contribution in [3.8, 4) is 0 Å². The Morgan fingerprint density at radius 2 is 2.00 bits per heavy atom. The molecule has 0 atom stereocenters. The summed E-state index contributed by atoms with van der Waals surface area (Å²) in [6, 6.07) is 0. The van der Waals surface area contributed by atoms with Crippen molar-refractivity contribution in [2.45, 2.75) is 52.4 Å². The normalized spacial score (nSPS) is 12.1. The summed E-state index contributed by atoms with van der Waals surface area (Å²) in [5, 5.41) is 8.60. The highest BCUT2D eigenvalue weighted by molar-refractivity contribution is 4.97. The molecule has 0 fully saturated rings. The first kappa shape index (κ1) is 11.7. The van der Waals surface area contributed by atoms with Gasteiger partial charge in [-0.25, -0.2) is 0 Å². The zero-order valence-corrected chi connectivity index (χ0v) is 8.47. The molecule has 0 aromatic carbocycles. The molecule has 0 aliphatic heterocycles. The van der Waals surface area contributed by atoms with E-state index in [2.05, 4.69) is 19.9 Å². The molecule has 1 N–H and O–H groups in total. The van der Waals surface area contributed by atoms with Gasteiger partial charge in [0.1, 0.15) is 0 Å². The van der Waals surface area contributed by atoms with E-state index in [1.807, 2.05) is 0 Å². The van der Waals surface area contributed by atoms with E-state index in [-0.39, 0.29) is 0 Å². The topological polar surface area (TPSA) is 20.2 Å². The molecule has 12 heavy (non-hydrogen) atoms. The van der Waals surface area contributed by atoms with Gasteiger partial charge in [-0.3, -0.25) is 0 Å². The van der Waals surface area contributed by atoms with Crippen LogP contribution in [0.3, 0.4) is 0 Å². The lowest BCUT2D eigenvalue weighted by atomic mass is 10.1. The summed E-state index contributed by atoms with van der Waals surface area (Å²) in [5.74, 6) is 0. The van der Waals surface area contributed by atoms with Gasteiger partial charge in [0, 0.05) is 6.61 Å². The maximum atomic E-state index is 8.60. The molecule has 0 rings (SSSR count). The molecular weight excluding hydrogens is 148 g/mol. The second-order valence-corrected chi connectivity index (χ2v) is 3.37. The SMILES string of the molecule is CCCCC/C=C(\C)CCCO. The summed E-state index contributed by atoms with van der Waals surface area (Å²) in [4.78, 5) is 0. The molecule has 0 aliphatic rings. The molecule has 0 bridgehead atoms. The number of hydrogen-bond acceptors (Lipinski definition) is 1. The lowest BCUT2D eigenvalue weighted by Crippen LogP contribution is -1.84. The molecule has 0 amide bonds. The summed E-state index contributed by atoms with van der Waals surface area (Å²) in [6.45, 7) is 4.70. The maximum absolute atomic E-state index is 8.60. The van der Waals surface area contributed by atoms with Crippen molar-refractivity contribution in [3.63, 3.8) is 0 Å². The van der Waals surface area contributed by atoms with Gasteiger partial charge in [-0.1, -0.05) is 31.4 Å². The Balaban J connectivity index is 3.28. The molecule has 0 aromatic heterocycles. The van der Waals surface area contributed by atoms with Crippen LogP contribution >= 0.6 is 0 Å². The molecule has 0 saturated carbocycles. The van der Waals surface area contributed by atoms with E-state index in [0.29, 0.717) is 6.61 Å². The fourth-order valence-electron chi connectivity index (χ4n) is 1.20. The van der Waals surface area contributed by atoms with Crippen LogP contribution in [0.15, 0.2) is 11.6 Å². The van der Waals surface area contributed by atoms with E-state index in [9.17, 15) is 0 Å². The number of allylic oxidation sites excluding steroid dienone is 2. The van der Waals surface area contributed by atoms with Crippen molar-refractivity contribution < 1.29 is 5.11 Å². The zero-order valence-electron chi connectivity index (χ0n) is 8.47. The predicted molar refractivity (Wildman–Crippen MR) is 54.2 cm³/mol. The van der Waals surface area contributed by atoms with Crippen LogP contribution < -0.4 is 0 Å². The van der Waals surface area contributed by atoms with Crippen LogP contribution in [0.4, 0.5) is 0 Å². The van der Waals surface area contributed by atoms with Gasteiger partial charge < -0.3 is 5.11 Å². The first-order valence-electron chi connectivity index (χ1n) is 5.07. The Bertz CT molecular complexity index is 116. The minimum absolute atomic E-state index is 0.320. The predicted octanol–water partition coefficient (Wildman–Crippen LogP) is 3.29. The van der Waals surface area contributed by atoms with Gasteiger partial charge in [-0.05, 0) is 32.6 Å². The first-order valence-corrected chi connectivity index (χ1v) is 5.07. The highest BCUT2D eigenvalue weighted by Crippen LogP contribution is 2.07. The third-order valence-corrected chi connectivity index (χ3v) is 2.03. The van der Waals surface area contributed by atoms with Crippen molar-refractivity contribution in [2.24, 2.45) is 0 Å². The van der Waals surface area contributed by atoms with E-state index >= 15 is 0 Å². The molecule has 0 unspecified atom stereocenters. The number of hydrogen-bond donors (Lipinski definition) is 1. The lowest BCUT2D eigenvalue weighted by molar-refractivity contribution is 0.288. The third-order valence-electron chi connectivity index (χ3n) is 2.03. The van der Waals surface area contributed by atoms with Gasteiger partial charge in [0.25, 0.3) is 0 Å². The van der Waals surface area contributed by atoms with Crippen LogP contribution in [0.5, 0.6) is 0 Å². The quantitative estimate of drug-likeness (QED) is 0.459. The average molecular weight is 170 g/mol. The second kappa shape index (κ2) is 8.79. The summed E-state index contributed by atoms with van der Waals surface area (Å²) in [5.41, 5.74) is 1.43. The molecule has 0 aromatic rings. The molecule has 1 heteroatoms. The van der Waals surface area contributed by atoms with Gasteiger partial charge >= 0.3 is 0 Å². The van der Waals surface area contributed by atoms with Gasteiger partial charge in [0.2, 0.25) is 0 Å². The summed E-state index contributed by atoms with van der Waals surface area (Å²) in [7, 11) is 0. The van der Waals surface area contributed by atoms with Crippen molar-refractivity contribution in [1.29, 1.82) is 0 Å². The zero-order chi connectivity index (χ0) is 9.23. The van der Waals surface area contributed by atoms with Crippen molar-refractivity contribution in [3.05, 3.63) is 11.6 Å². The average Bonchev–Trinajstić information content (AvgIpc) is 2.09. The molecule has 72 valence electrons. The largest absolute Gasteiger partial charge is 0.396 e. The van der Waals surface area contributed by atoms with Crippen LogP contribution in [0, 0.1) is 0 Å². The molecule has 0 saturated heterocycles. The van der Waals surface area contributed by atoms with Crippen LogP contribution in [0.25, 0.3) is 0 Å². The van der Waals surface area contributed by atoms with Crippen LogP contribution in [0.1, 0.15) is 52.4 Å². The lowest BCUT2D eigenvalue weighted by Gasteiger charge is -1.98. The Morgan fingerprint density at radius 3 is 2.58 bits per heavy atom. The van der Waals surface area contributed by atoms with Crippen LogP contribution in [0.2, 0.25) is 0 Å². The van der Waals surface area contributed by atoms with Crippen molar-refractivity contribution >= 4 is 0 Å². The first-order chi connectivity index (χ1) is 5.81. The van der Waals surface area contributed by atoms with Gasteiger partial charge in [-0.15, -0.1) is 0 Å². The fourth-order valence-corrected chi connectivity index (χ4v) is 1.20. The highest BCUT2D eigenvalue weighted by Gasteiger charge is 1.89. The summed E-state index contributed by atoms with van der Waals surface area (Å²) in [6.07, 6.45) is 9.44. The van der Waals surface area contributed by atoms with E-state index < -0.39 is 0 Å². The van der Waals surface area contributed by atoms with Crippen LogP contribution in [-0.2, 0) is 0 Å². The van der Waals surface area contributed by atoms with E-state index in [1.165, 1.54) is 31.3 Å². The number of rotatable bonds is 7. The third kappa shape index (κ3) is 7.80. The van der Waals surface area contributed by atoms with Crippen LogP contribution in [-0.4, -0.2) is 11.7 Å². The van der Waals surface area contributed by atoms with E-state index in [4.69, 9.17) is 5.11 Å². The molecule has 0 heterocycles.